The molecule has 2 aromatic carbocycles. The molecule has 2 fully saturated rings. The maximum Gasteiger partial charge on any atom is 0.338 e. The number of esters is 1. The molecular weight excluding hydrogens is 482 g/mol. The molecule has 4 rings (SSSR count). The number of piperidine rings is 1. The first kappa shape index (κ1) is 29.4. The Kier molecular flexibility index (Phi) is 9.24. The second kappa shape index (κ2) is 12.3. The van der Waals surface area contributed by atoms with Crippen molar-refractivity contribution in [3.05, 3.63) is 59.7 Å². The summed E-state index contributed by atoms with van der Waals surface area (Å²) in [5.41, 5.74) is 3.57. The third-order valence-electron chi connectivity index (χ3n) is 9.15. The molecule has 4 nitrogen and oxygen atoms in total. The van der Waals surface area contributed by atoms with E-state index in [1.54, 1.807) is 6.92 Å². The Morgan fingerprint density at radius 2 is 1.36 bits per heavy atom. The zero-order valence-electron chi connectivity index (χ0n) is 25.1. The van der Waals surface area contributed by atoms with Crippen molar-refractivity contribution < 1.29 is 14.3 Å². The van der Waals surface area contributed by atoms with Crippen LogP contribution in [-0.4, -0.2) is 34.0 Å². The molecule has 212 valence electrons. The first-order valence-electron chi connectivity index (χ1n) is 15.2. The lowest BCUT2D eigenvalue weighted by Crippen LogP contribution is -2.63. The van der Waals surface area contributed by atoms with Crippen LogP contribution < -0.4 is 0 Å². The largest absolute Gasteiger partial charge is 0.459 e. The van der Waals surface area contributed by atoms with E-state index >= 15 is 0 Å². The molecule has 0 N–H and O–H groups in total. The van der Waals surface area contributed by atoms with Gasteiger partial charge >= 0.3 is 5.97 Å². The summed E-state index contributed by atoms with van der Waals surface area (Å²) in [5, 5.41) is 0. The Morgan fingerprint density at radius 1 is 0.821 bits per heavy atom. The fraction of sp³-hybridized carbons (Fsp3) is 0.600. The number of benzene rings is 2. The summed E-state index contributed by atoms with van der Waals surface area (Å²) in [6.45, 7) is 12.1. The van der Waals surface area contributed by atoms with Gasteiger partial charge in [-0.05, 0) is 94.0 Å². The number of amides is 1. The first-order valence-corrected chi connectivity index (χ1v) is 15.2. The van der Waals surface area contributed by atoms with Crippen molar-refractivity contribution in [2.75, 3.05) is 0 Å². The van der Waals surface area contributed by atoms with E-state index in [2.05, 4.69) is 58.9 Å². The highest BCUT2D eigenvalue weighted by Crippen LogP contribution is 2.40. The van der Waals surface area contributed by atoms with E-state index in [1.807, 2.05) is 29.2 Å². The number of carbonyl (C=O) groups excluding carboxylic acids is 2. The predicted octanol–water partition coefficient (Wildman–Crippen LogP) is 8.93. The molecular formula is C35H49NO3. The van der Waals surface area contributed by atoms with E-state index in [9.17, 15) is 9.59 Å². The normalized spacial score (nSPS) is 22.9. The van der Waals surface area contributed by atoms with Gasteiger partial charge in [0.05, 0.1) is 5.56 Å². The Labute approximate surface area is 236 Å². The standard InChI is InChI=1S/C35H49NO3/c1-7-8-9-10-26-11-13-27(14-12-26)28-15-17-29(18-16-28)30-19-21-31(22-20-30)33(38)39-32-23-34(3,4)36(25(2)37)35(5,6)24-32/h15-22,26-27,32H,7-14,23-24H2,1-6H3. The minimum Gasteiger partial charge on any atom is -0.459 e. The number of rotatable bonds is 8. The Morgan fingerprint density at radius 3 is 1.87 bits per heavy atom. The maximum absolute atomic E-state index is 13.0. The smallest absolute Gasteiger partial charge is 0.338 e. The van der Waals surface area contributed by atoms with Crippen molar-refractivity contribution in [1.29, 1.82) is 0 Å². The van der Waals surface area contributed by atoms with Gasteiger partial charge in [0.25, 0.3) is 0 Å². The van der Waals surface area contributed by atoms with Crippen LogP contribution in [0.3, 0.4) is 0 Å². The van der Waals surface area contributed by atoms with E-state index < -0.39 is 0 Å². The van der Waals surface area contributed by atoms with Crippen molar-refractivity contribution >= 4 is 11.9 Å². The molecule has 39 heavy (non-hydrogen) atoms. The molecule has 0 bridgehead atoms. The van der Waals surface area contributed by atoms with Crippen LogP contribution >= 0.6 is 0 Å². The summed E-state index contributed by atoms with van der Waals surface area (Å²) >= 11 is 0. The molecule has 1 aliphatic heterocycles. The third-order valence-corrected chi connectivity index (χ3v) is 9.15. The lowest BCUT2D eigenvalue weighted by Gasteiger charge is -2.54. The quantitative estimate of drug-likeness (QED) is 0.252. The van der Waals surface area contributed by atoms with Crippen molar-refractivity contribution in [3.63, 3.8) is 0 Å². The summed E-state index contributed by atoms with van der Waals surface area (Å²) in [6, 6.07) is 16.8. The van der Waals surface area contributed by atoms with Crippen LogP contribution in [0.1, 0.15) is 128 Å². The molecule has 0 radical (unpaired) electrons. The molecule has 1 heterocycles. The van der Waals surface area contributed by atoms with Crippen LogP contribution in [0.15, 0.2) is 48.5 Å². The molecule has 1 saturated carbocycles. The molecule has 2 aliphatic rings. The SMILES string of the molecule is CCCCCC1CCC(c2ccc(-c3ccc(C(=O)OC4CC(C)(C)N(C(C)=O)C(C)(C)C4)cc3)cc2)CC1. The second-order valence-corrected chi connectivity index (χ2v) is 13.3. The van der Waals surface area contributed by atoms with Gasteiger partial charge in [0.2, 0.25) is 5.91 Å². The molecule has 2 aromatic rings. The lowest BCUT2D eigenvalue weighted by atomic mass is 9.77. The Bertz CT molecular complexity index is 1090. The number of nitrogens with zero attached hydrogens (tertiary/aromatic N) is 1. The fourth-order valence-corrected chi connectivity index (χ4v) is 7.56. The maximum atomic E-state index is 13.0. The Hall–Kier alpha value is -2.62. The minimum absolute atomic E-state index is 0.0589. The fourth-order valence-electron chi connectivity index (χ4n) is 7.56. The van der Waals surface area contributed by atoms with Crippen molar-refractivity contribution in [2.24, 2.45) is 5.92 Å². The highest BCUT2D eigenvalue weighted by molar-refractivity contribution is 5.90. The zero-order valence-corrected chi connectivity index (χ0v) is 25.1. The van der Waals surface area contributed by atoms with Crippen LogP contribution in [0.5, 0.6) is 0 Å². The van der Waals surface area contributed by atoms with Crippen molar-refractivity contribution in [1.82, 2.24) is 4.90 Å². The molecule has 1 saturated heterocycles. The number of carbonyl (C=O) groups is 2. The van der Waals surface area contributed by atoms with E-state index in [4.69, 9.17) is 4.74 Å². The predicted molar refractivity (Wildman–Crippen MR) is 160 cm³/mol. The Balaban J connectivity index is 1.33. The van der Waals surface area contributed by atoms with Crippen molar-refractivity contribution in [2.45, 2.75) is 129 Å². The molecule has 0 atom stereocenters. The van der Waals surface area contributed by atoms with Crippen LogP contribution in [0.4, 0.5) is 0 Å². The van der Waals surface area contributed by atoms with Gasteiger partial charge in [-0.1, -0.05) is 69.0 Å². The molecule has 1 aliphatic carbocycles. The zero-order chi connectivity index (χ0) is 28.2. The van der Waals surface area contributed by atoms with Crippen LogP contribution in [0.2, 0.25) is 0 Å². The average Bonchev–Trinajstić information content (AvgIpc) is 2.87. The molecule has 1 amide bonds. The average molecular weight is 532 g/mol. The minimum atomic E-state index is -0.373. The van der Waals surface area contributed by atoms with E-state index in [-0.39, 0.29) is 29.1 Å². The first-order chi connectivity index (χ1) is 18.5. The van der Waals surface area contributed by atoms with Gasteiger partial charge in [-0.2, -0.15) is 0 Å². The number of hydrogen-bond donors (Lipinski definition) is 0. The summed E-state index contributed by atoms with van der Waals surface area (Å²) in [5.74, 6) is 1.39. The monoisotopic (exact) mass is 531 g/mol. The van der Waals surface area contributed by atoms with E-state index in [0.29, 0.717) is 24.3 Å². The number of ether oxygens (including phenoxy) is 1. The van der Waals surface area contributed by atoms with Gasteiger partial charge < -0.3 is 9.64 Å². The van der Waals surface area contributed by atoms with Crippen LogP contribution in [0.25, 0.3) is 11.1 Å². The highest BCUT2D eigenvalue weighted by atomic mass is 16.5. The van der Waals surface area contributed by atoms with Gasteiger partial charge in [0.1, 0.15) is 6.10 Å². The van der Waals surface area contributed by atoms with Gasteiger partial charge in [-0.3, -0.25) is 4.79 Å². The highest BCUT2D eigenvalue weighted by Gasteiger charge is 2.47. The molecule has 0 unspecified atom stereocenters. The topological polar surface area (TPSA) is 46.6 Å². The lowest BCUT2D eigenvalue weighted by molar-refractivity contribution is -0.152. The summed E-state index contributed by atoms with van der Waals surface area (Å²) in [4.78, 5) is 27.2. The van der Waals surface area contributed by atoms with Crippen molar-refractivity contribution in [3.8, 4) is 11.1 Å². The van der Waals surface area contributed by atoms with Gasteiger partial charge in [0, 0.05) is 30.8 Å². The van der Waals surface area contributed by atoms with Gasteiger partial charge in [0.15, 0.2) is 0 Å². The molecule has 4 heteroatoms. The van der Waals surface area contributed by atoms with Crippen LogP contribution in [-0.2, 0) is 9.53 Å². The molecule has 0 spiro atoms. The second-order valence-electron chi connectivity index (χ2n) is 13.3. The number of hydrogen-bond acceptors (Lipinski definition) is 3. The molecule has 0 aromatic heterocycles. The van der Waals surface area contributed by atoms with E-state index in [1.165, 1.54) is 62.5 Å². The summed E-state index contributed by atoms with van der Waals surface area (Å²) in [7, 11) is 0. The summed E-state index contributed by atoms with van der Waals surface area (Å²) in [6.07, 6.45) is 11.9. The number of unbranched alkanes of at least 4 members (excludes halogenated alkanes) is 2. The van der Waals surface area contributed by atoms with E-state index in [0.717, 1.165) is 11.5 Å². The number of likely N-dealkylation sites (tertiary alicyclic amines) is 1. The van der Waals surface area contributed by atoms with Gasteiger partial charge in [-0.15, -0.1) is 0 Å². The third kappa shape index (κ3) is 7.13. The van der Waals surface area contributed by atoms with Gasteiger partial charge in [-0.25, -0.2) is 4.79 Å². The summed E-state index contributed by atoms with van der Waals surface area (Å²) < 4.78 is 5.96. The van der Waals surface area contributed by atoms with Crippen LogP contribution in [0, 0.1) is 5.92 Å².